The Morgan fingerprint density at radius 2 is 0.923 bits per heavy atom. The second kappa shape index (κ2) is 39.6. The van der Waals surface area contributed by atoms with Gasteiger partial charge in [-0.3, -0.25) is 14.4 Å². The monoisotopic (exact) mass is 716 g/mol. The second-order valence-electron chi connectivity index (χ2n) is 12.4. The van der Waals surface area contributed by atoms with Crippen LogP contribution in [0.1, 0.15) is 136 Å². The van der Waals surface area contributed by atoms with E-state index in [2.05, 4.69) is 129 Å². The largest absolute Gasteiger partial charge is 0.480 e. The number of ether oxygens (including phenoxy) is 1. The zero-order valence-electron chi connectivity index (χ0n) is 32.3. The maximum absolute atomic E-state index is 12.6. The van der Waals surface area contributed by atoms with Crippen LogP contribution in [0.3, 0.4) is 0 Å². The number of carbonyl (C=O) groups is 3. The molecule has 0 bridgehead atoms. The normalized spacial score (nSPS) is 13.4. The highest BCUT2D eigenvalue weighted by molar-refractivity contribution is 5.80. The quantitative estimate of drug-likeness (QED) is 0.0401. The predicted molar refractivity (Wildman–Crippen MR) is 221 cm³/mol. The molecular weight excluding hydrogens is 647 g/mol. The summed E-state index contributed by atoms with van der Waals surface area (Å²) in [4.78, 5) is 34.9. The molecule has 0 rings (SSSR count). The van der Waals surface area contributed by atoms with Crippen molar-refractivity contribution >= 4 is 17.8 Å². The van der Waals surface area contributed by atoms with Crippen molar-refractivity contribution in [3.63, 3.8) is 0 Å². The fourth-order valence-electron chi connectivity index (χ4n) is 4.80. The van der Waals surface area contributed by atoms with Gasteiger partial charge in [0.1, 0.15) is 12.6 Å². The Morgan fingerprint density at radius 1 is 0.519 bits per heavy atom. The smallest absolute Gasteiger partial charge is 0.322 e. The Balaban J connectivity index is 4.47. The average molecular weight is 716 g/mol. The van der Waals surface area contributed by atoms with Crippen molar-refractivity contribution in [2.45, 2.75) is 142 Å². The summed E-state index contributed by atoms with van der Waals surface area (Å²) in [6.45, 7) is 3.95. The van der Waals surface area contributed by atoms with Crippen molar-refractivity contribution in [2.24, 2.45) is 0 Å². The Kier molecular flexibility index (Phi) is 36.4. The minimum atomic E-state index is -1.04. The first-order valence-corrected chi connectivity index (χ1v) is 19.7. The standard InChI is InChI=1S/C46H69NO5/c1-3-5-7-9-11-13-15-16-17-18-19-20-21-22-24-26-28-33-37-41-46(51)52-43(38-34-30-27-25-23-14-12-10-8-6-4-2)39-35-31-29-32-36-40-44(48)47-42-45(49)50/h5-8,11-14,16-17,19-20,22,24-25,27-28,33-34,38,43H,3-4,9-10,15,18,21,23,26,29-32,35-37,39-42H2,1-2H3,(H,47,48)(H,49,50)/b7-5-,8-6-,13-11-,14-12-,17-16-,20-19-,24-22-,27-25-,33-28-,38-34-. The van der Waals surface area contributed by atoms with Crippen LogP contribution in [0, 0.1) is 0 Å². The van der Waals surface area contributed by atoms with Gasteiger partial charge in [-0.15, -0.1) is 0 Å². The molecule has 0 saturated heterocycles. The van der Waals surface area contributed by atoms with Gasteiger partial charge in [-0.25, -0.2) is 0 Å². The Bertz CT molecular complexity index is 1200. The van der Waals surface area contributed by atoms with Crippen molar-refractivity contribution in [3.05, 3.63) is 122 Å². The van der Waals surface area contributed by atoms with E-state index in [-0.39, 0.29) is 24.5 Å². The molecule has 0 heterocycles. The molecule has 1 amide bonds. The lowest BCUT2D eigenvalue weighted by atomic mass is 10.1. The van der Waals surface area contributed by atoms with Gasteiger partial charge in [-0.2, -0.15) is 0 Å². The molecule has 0 aliphatic heterocycles. The molecular formula is C46H69NO5. The first-order valence-electron chi connectivity index (χ1n) is 19.7. The number of amides is 1. The molecule has 288 valence electrons. The lowest BCUT2D eigenvalue weighted by Gasteiger charge is -2.14. The minimum Gasteiger partial charge on any atom is -0.480 e. The van der Waals surface area contributed by atoms with Crippen molar-refractivity contribution in [2.75, 3.05) is 6.54 Å². The van der Waals surface area contributed by atoms with E-state index in [1.54, 1.807) is 0 Å². The van der Waals surface area contributed by atoms with E-state index in [1.807, 2.05) is 12.2 Å². The second-order valence-corrected chi connectivity index (χ2v) is 12.4. The van der Waals surface area contributed by atoms with Crippen LogP contribution < -0.4 is 5.32 Å². The molecule has 0 radical (unpaired) electrons. The molecule has 1 atom stereocenters. The van der Waals surface area contributed by atoms with Crippen LogP contribution in [0.5, 0.6) is 0 Å². The molecule has 6 nitrogen and oxygen atoms in total. The Morgan fingerprint density at radius 3 is 1.38 bits per heavy atom. The van der Waals surface area contributed by atoms with Gasteiger partial charge in [0, 0.05) is 12.8 Å². The zero-order valence-corrected chi connectivity index (χ0v) is 32.3. The van der Waals surface area contributed by atoms with Crippen molar-refractivity contribution in [1.82, 2.24) is 5.32 Å². The zero-order chi connectivity index (χ0) is 38.0. The van der Waals surface area contributed by atoms with Gasteiger partial charge in [0.15, 0.2) is 0 Å². The number of nitrogens with one attached hydrogen (secondary N) is 1. The highest BCUT2D eigenvalue weighted by Gasteiger charge is 2.11. The summed E-state index contributed by atoms with van der Waals surface area (Å²) in [7, 11) is 0. The summed E-state index contributed by atoms with van der Waals surface area (Å²) >= 11 is 0. The number of rotatable bonds is 33. The third kappa shape index (κ3) is 38.6. The lowest BCUT2D eigenvalue weighted by molar-refractivity contribution is -0.147. The van der Waals surface area contributed by atoms with Crippen LogP contribution in [0.15, 0.2) is 122 Å². The molecule has 0 aromatic carbocycles. The molecule has 0 aliphatic rings. The SMILES string of the molecule is CC/C=C\C/C=C\C/C=C\C/C=C\C/C=C\C/C=C\CCC(=O)OC(/C=C\C/C=C\C/C=C\C/C=C\CC)CCCCCCCC(=O)NCC(=O)O. The molecule has 1 unspecified atom stereocenters. The molecule has 0 aliphatic carbocycles. The number of carbonyl (C=O) groups excluding carboxylic acids is 2. The predicted octanol–water partition coefficient (Wildman–Crippen LogP) is 12.1. The first-order chi connectivity index (χ1) is 25.5. The number of unbranched alkanes of at least 4 members (excludes halogenated alkanes) is 4. The summed E-state index contributed by atoms with van der Waals surface area (Å²) in [5.41, 5.74) is 0. The van der Waals surface area contributed by atoms with Crippen LogP contribution in [-0.2, 0) is 19.1 Å². The van der Waals surface area contributed by atoms with Gasteiger partial charge in [-0.05, 0) is 96.0 Å². The molecule has 0 fully saturated rings. The third-order valence-electron chi connectivity index (χ3n) is 7.63. The number of esters is 1. The summed E-state index contributed by atoms with van der Waals surface area (Å²) < 4.78 is 5.85. The summed E-state index contributed by atoms with van der Waals surface area (Å²) in [6.07, 6.45) is 59.1. The fourth-order valence-corrected chi connectivity index (χ4v) is 4.80. The molecule has 0 saturated carbocycles. The van der Waals surface area contributed by atoms with E-state index in [9.17, 15) is 14.4 Å². The maximum atomic E-state index is 12.6. The van der Waals surface area contributed by atoms with E-state index < -0.39 is 5.97 Å². The molecule has 52 heavy (non-hydrogen) atoms. The minimum absolute atomic E-state index is 0.181. The molecule has 0 aromatic heterocycles. The fraction of sp³-hybridized carbons (Fsp3) is 0.500. The third-order valence-corrected chi connectivity index (χ3v) is 7.63. The average Bonchev–Trinajstić information content (AvgIpc) is 3.13. The number of hydrogen-bond donors (Lipinski definition) is 2. The van der Waals surface area contributed by atoms with Crippen LogP contribution in [0.4, 0.5) is 0 Å². The topological polar surface area (TPSA) is 92.7 Å². The van der Waals surface area contributed by atoms with E-state index >= 15 is 0 Å². The summed E-state index contributed by atoms with van der Waals surface area (Å²) in [6, 6.07) is 0. The van der Waals surface area contributed by atoms with Crippen molar-refractivity contribution in [1.29, 1.82) is 0 Å². The van der Waals surface area contributed by atoms with Crippen molar-refractivity contribution in [3.8, 4) is 0 Å². The maximum Gasteiger partial charge on any atom is 0.322 e. The number of hydrogen-bond acceptors (Lipinski definition) is 4. The van der Waals surface area contributed by atoms with Crippen LogP contribution in [-0.4, -0.2) is 35.6 Å². The summed E-state index contributed by atoms with van der Waals surface area (Å²) in [5.74, 6) is -1.44. The molecule has 6 heteroatoms. The van der Waals surface area contributed by atoms with Gasteiger partial charge in [0.05, 0.1) is 0 Å². The number of allylic oxidation sites excluding steroid dienone is 19. The number of aliphatic carboxylic acids is 1. The van der Waals surface area contributed by atoms with Gasteiger partial charge in [-0.1, -0.05) is 149 Å². The van der Waals surface area contributed by atoms with Gasteiger partial charge in [0.2, 0.25) is 5.91 Å². The Labute approximate surface area is 316 Å². The first kappa shape index (κ1) is 47.8. The summed E-state index contributed by atoms with van der Waals surface area (Å²) in [5, 5.41) is 11.0. The highest BCUT2D eigenvalue weighted by Crippen LogP contribution is 2.13. The van der Waals surface area contributed by atoms with Gasteiger partial charge in [0.25, 0.3) is 0 Å². The van der Waals surface area contributed by atoms with E-state index in [1.165, 1.54) is 0 Å². The van der Waals surface area contributed by atoms with E-state index in [0.29, 0.717) is 19.3 Å². The van der Waals surface area contributed by atoms with E-state index in [0.717, 1.165) is 103 Å². The molecule has 0 spiro atoms. The van der Waals surface area contributed by atoms with Crippen LogP contribution in [0.25, 0.3) is 0 Å². The van der Waals surface area contributed by atoms with Crippen LogP contribution in [0.2, 0.25) is 0 Å². The number of carboxylic acids is 1. The van der Waals surface area contributed by atoms with Crippen LogP contribution >= 0.6 is 0 Å². The van der Waals surface area contributed by atoms with Gasteiger partial charge >= 0.3 is 11.9 Å². The van der Waals surface area contributed by atoms with Gasteiger partial charge < -0.3 is 15.2 Å². The number of carboxylic acid groups (broad SMARTS) is 1. The molecule has 2 N–H and O–H groups in total. The Hall–Kier alpha value is -4.19. The van der Waals surface area contributed by atoms with E-state index in [4.69, 9.17) is 9.84 Å². The highest BCUT2D eigenvalue weighted by atomic mass is 16.5. The lowest BCUT2D eigenvalue weighted by Crippen LogP contribution is -2.28. The van der Waals surface area contributed by atoms with Crippen molar-refractivity contribution < 1.29 is 24.2 Å². The molecule has 0 aromatic rings.